The van der Waals surface area contributed by atoms with Crippen LogP contribution in [0.15, 0.2) is 18.2 Å². The maximum atomic E-state index is 11.8. The van der Waals surface area contributed by atoms with Crippen molar-refractivity contribution < 1.29 is 9.53 Å². The van der Waals surface area contributed by atoms with Gasteiger partial charge < -0.3 is 15.4 Å². The van der Waals surface area contributed by atoms with Gasteiger partial charge in [0.2, 0.25) is 5.91 Å². The lowest BCUT2D eigenvalue weighted by Gasteiger charge is -2.23. The molecule has 2 rings (SSSR count). The van der Waals surface area contributed by atoms with E-state index in [-0.39, 0.29) is 12.0 Å². The third-order valence-electron chi connectivity index (χ3n) is 2.56. The zero-order valence-corrected chi connectivity index (χ0v) is 11.2. The second-order valence-corrected chi connectivity index (χ2v) is 4.98. The first-order chi connectivity index (χ1) is 8.63. The van der Waals surface area contributed by atoms with Gasteiger partial charge in [-0.2, -0.15) is 0 Å². The van der Waals surface area contributed by atoms with Gasteiger partial charge in [-0.3, -0.25) is 4.79 Å². The van der Waals surface area contributed by atoms with E-state index in [1.165, 1.54) is 0 Å². The van der Waals surface area contributed by atoms with Crippen LogP contribution in [0.1, 0.15) is 6.42 Å². The SMILES string of the molecule is O=C(CC1CNCCO1)Nc1cc(Cl)cc(Cl)c1. The van der Waals surface area contributed by atoms with E-state index < -0.39 is 0 Å². The summed E-state index contributed by atoms with van der Waals surface area (Å²) in [6.45, 7) is 2.17. The predicted molar refractivity (Wildman–Crippen MR) is 72.3 cm³/mol. The molecule has 2 N–H and O–H groups in total. The summed E-state index contributed by atoms with van der Waals surface area (Å²) in [5, 5.41) is 6.92. The van der Waals surface area contributed by atoms with Crippen molar-refractivity contribution in [1.82, 2.24) is 5.32 Å². The highest BCUT2D eigenvalue weighted by atomic mass is 35.5. The Morgan fingerprint density at radius 1 is 1.39 bits per heavy atom. The van der Waals surface area contributed by atoms with Crippen LogP contribution >= 0.6 is 23.2 Å². The zero-order valence-electron chi connectivity index (χ0n) is 9.71. The number of carbonyl (C=O) groups excluding carboxylic acids is 1. The van der Waals surface area contributed by atoms with Crippen LogP contribution < -0.4 is 10.6 Å². The molecule has 0 aromatic heterocycles. The summed E-state index contributed by atoms with van der Waals surface area (Å²) in [4.78, 5) is 11.8. The standard InChI is InChI=1S/C12H14Cl2N2O2/c13-8-3-9(14)5-10(4-8)16-12(17)6-11-7-15-1-2-18-11/h3-5,11,15H,1-2,6-7H2,(H,16,17). The van der Waals surface area contributed by atoms with Crippen molar-refractivity contribution in [2.75, 3.05) is 25.0 Å². The molecule has 1 aromatic carbocycles. The lowest BCUT2D eigenvalue weighted by Crippen LogP contribution is -2.40. The third-order valence-corrected chi connectivity index (χ3v) is 3.00. The van der Waals surface area contributed by atoms with Gasteiger partial charge in [0, 0.05) is 28.8 Å². The number of anilines is 1. The van der Waals surface area contributed by atoms with E-state index in [0.717, 1.165) is 6.54 Å². The number of carbonyl (C=O) groups is 1. The summed E-state index contributed by atoms with van der Waals surface area (Å²) in [6, 6.07) is 4.93. The zero-order chi connectivity index (χ0) is 13.0. The molecule has 4 nitrogen and oxygen atoms in total. The Balaban J connectivity index is 1.89. The van der Waals surface area contributed by atoms with E-state index >= 15 is 0 Å². The number of halogens is 2. The van der Waals surface area contributed by atoms with Crippen LogP contribution in [0.2, 0.25) is 10.0 Å². The number of morpholine rings is 1. The number of rotatable bonds is 3. The first kappa shape index (κ1) is 13.6. The van der Waals surface area contributed by atoms with Crippen LogP contribution in [0.25, 0.3) is 0 Å². The molecule has 98 valence electrons. The fourth-order valence-corrected chi connectivity index (χ4v) is 2.32. The van der Waals surface area contributed by atoms with E-state index in [1.807, 2.05) is 0 Å². The molecule has 1 unspecified atom stereocenters. The van der Waals surface area contributed by atoms with Crippen molar-refractivity contribution in [3.05, 3.63) is 28.2 Å². The fourth-order valence-electron chi connectivity index (χ4n) is 1.80. The molecular formula is C12H14Cl2N2O2. The van der Waals surface area contributed by atoms with Crippen LogP contribution in [0.4, 0.5) is 5.69 Å². The monoisotopic (exact) mass is 288 g/mol. The Labute approximate surface area is 116 Å². The summed E-state index contributed by atoms with van der Waals surface area (Å²) in [5.74, 6) is -0.109. The molecular weight excluding hydrogens is 275 g/mol. The van der Waals surface area contributed by atoms with Crippen LogP contribution in [0.3, 0.4) is 0 Å². The van der Waals surface area contributed by atoms with E-state index in [2.05, 4.69) is 10.6 Å². The molecule has 1 aromatic rings. The Kier molecular flexibility index (Phi) is 4.83. The Bertz CT molecular complexity index is 414. The van der Waals surface area contributed by atoms with Gasteiger partial charge in [-0.05, 0) is 18.2 Å². The van der Waals surface area contributed by atoms with Crippen LogP contribution in [-0.2, 0) is 9.53 Å². The minimum atomic E-state index is -0.109. The van der Waals surface area contributed by atoms with E-state index in [9.17, 15) is 4.79 Å². The molecule has 0 aliphatic carbocycles. The van der Waals surface area contributed by atoms with Crippen LogP contribution in [-0.4, -0.2) is 31.7 Å². The van der Waals surface area contributed by atoms with Gasteiger partial charge in [-0.15, -0.1) is 0 Å². The molecule has 1 amide bonds. The molecule has 1 heterocycles. The summed E-state index contributed by atoms with van der Waals surface area (Å²) in [7, 11) is 0. The molecule has 0 saturated carbocycles. The van der Waals surface area contributed by atoms with Crippen molar-refractivity contribution in [2.24, 2.45) is 0 Å². The summed E-state index contributed by atoms with van der Waals surface area (Å²) in [6.07, 6.45) is 0.241. The highest BCUT2D eigenvalue weighted by Crippen LogP contribution is 2.22. The lowest BCUT2D eigenvalue weighted by atomic mass is 10.2. The van der Waals surface area contributed by atoms with Crippen molar-refractivity contribution in [3.63, 3.8) is 0 Å². The minimum Gasteiger partial charge on any atom is -0.375 e. The maximum Gasteiger partial charge on any atom is 0.227 e. The maximum absolute atomic E-state index is 11.8. The van der Waals surface area contributed by atoms with Crippen molar-refractivity contribution in [2.45, 2.75) is 12.5 Å². The summed E-state index contributed by atoms with van der Waals surface area (Å²) < 4.78 is 5.46. The lowest BCUT2D eigenvalue weighted by molar-refractivity contribution is -0.119. The summed E-state index contributed by atoms with van der Waals surface area (Å²) >= 11 is 11.7. The Morgan fingerprint density at radius 2 is 2.11 bits per heavy atom. The van der Waals surface area contributed by atoms with E-state index in [1.54, 1.807) is 18.2 Å². The van der Waals surface area contributed by atoms with Crippen molar-refractivity contribution >= 4 is 34.8 Å². The minimum absolute atomic E-state index is 0.0755. The molecule has 6 heteroatoms. The third kappa shape index (κ3) is 4.14. The number of ether oxygens (including phenoxy) is 1. The first-order valence-electron chi connectivity index (χ1n) is 5.72. The second kappa shape index (κ2) is 6.38. The highest BCUT2D eigenvalue weighted by molar-refractivity contribution is 6.35. The van der Waals surface area contributed by atoms with Crippen molar-refractivity contribution in [3.8, 4) is 0 Å². The first-order valence-corrected chi connectivity index (χ1v) is 6.47. The molecule has 0 spiro atoms. The number of benzene rings is 1. The molecule has 1 aliphatic rings. The van der Waals surface area contributed by atoms with Gasteiger partial charge in [0.1, 0.15) is 0 Å². The van der Waals surface area contributed by atoms with Crippen LogP contribution in [0.5, 0.6) is 0 Å². The highest BCUT2D eigenvalue weighted by Gasteiger charge is 2.17. The quantitative estimate of drug-likeness (QED) is 0.897. The molecule has 0 radical (unpaired) electrons. The van der Waals surface area contributed by atoms with Gasteiger partial charge >= 0.3 is 0 Å². The van der Waals surface area contributed by atoms with Gasteiger partial charge in [-0.1, -0.05) is 23.2 Å². The van der Waals surface area contributed by atoms with Crippen molar-refractivity contribution in [1.29, 1.82) is 0 Å². The molecule has 0 bridgehead atoms. The van der Waals surface area contributed by atoms with E-state index in [4.69, 9.17) is 27.9 Å². The average Bonchev–Trinajstić information content (AvgIpc) is 2.28. The largest absolute Gasteiger partial charge is 0.375 e. The molecule has 1 atom stereocenters. The molecule has 1 fully saturated rings. The van der Waals surface area contributed by atoms with Gasteiger partial charge in [-0.25, -0.2) is 0 Å². The van der Waals surface area contributed by atoms with Gasteiger partial charge in [0.15, 0.2) is 0 Å². The van der Waals surface area contributed by atoms with Gasteiger partial charge in [0.25, 0.3) is 0 Å². The number of nitrogens with one attached hydrogen (secondary N) is 2. The number of amides is 1. The fraction of sp³-hybridized carbons (Fsp3) is 0.417. The summed E-state index contributed by atoms with van der Waals surface area (Å²) in [5.41, 5.74) is 0.598. The average molecular weight is 289 g/mol. The molecule has 1 saturated heterocycles. The smallest absolute Gasteiger partial charge is 0.227 e. The normalized spacial score (nSPS) is 19.6. The predicted octanol–water partition coefficient (Wildman–Crippen LogP) is 2.31. The van der Waals surface area contributed by atoms with Gasteiger partial charge in [0.05, 0.1) is 19.1 Å². The Hall–Kier alpha value is -0.810. The molecule has 18 heavy (non-hydrogen) atoms. The second-order valence-electron chi connectivity index (χ2n) is 4.11. The van der Waals surface area contributed by atoms with E-state index in [0.29, 0.717) is 35.3 Å². The molecule has 1 aliphatic heterocycles. The number of hydrogen-bond acceptors (Lipinski definition) is 3. The van der Waals surface area contributed by atoms with Crippen LogP contribution in [0, 0.1) is 0 Å². The number of hydrogen-bond donors (Lipinski definition) is 2. The Morgan fingerprint density at radius 3 is 2.72 bits per heavy atom. The topological polar surface area (TPSA) is 50.4 Å².